The van der Waals surface area contributed by atoms with Gasteiger partial charge < -0.3 is 19.3 Å². The van der Waals surface area contributed by atoms with Gasteiger partial charge in [-0.1, -0.05) is 41.9 Å². The molecule has 6 rings (SSSR count). The van der Waals surface area contributed by atoms with E-state index >= 15 is 0 Å². The zero-order valence-corrected chi connectivity index (χ0v) is 24.3. The smallest absolute Gasteiger partial charge is 0.322 e. The van der Waals surface area contributed by atoms with E-state index in [1.165, 1.54) is 18.9 Å². The first kappa shape index (κ1) is 28.3. The molecule has 1 saturated carbocycles. The SMILES string of the molecule is O=C(O)[C@@H]1C[C@H](Oc2ccc(Cl)c(Oc3ccccc3)c2)CN1S(=O)(=O)c1ccc2cc(OC3CCCC3)ccc2c1. The molecule has 0 spiro atoms. The summed E-state index contributed by atoms with van der Waals surface area (Å²) in [5.41, 5.74) is 0. The van der Waals surface area contributed by atoms with E-state index < -0.39 is 28.1 Å². The van der Waals surface area contributed by atoms with Crippen LogP contribution < -0.4 is 14.2 Å². The molecule has 4 aromatic carbocycles. The van der Waals surface area contributed by atoms with Crippen LogP contribution in [0.1, 0.15) is 32.1 Å². The average molecular weight is 608 g/mol. The molecule has 2 atom stereocenters. The van der Waals surface area contributed by atoms with E-state index in [4.69, 9.17) is 25.8 Å². The summed E-state index contributed by atoms with van der Waals surface area (Å²) in [5.74, 6) is 0.873. The summed E-state index contributed by atoms with van der Waals surface area (Å²) in [5, 5.41) is 11.9. The maximum Gasteiger partial charge on any atom is 0.322 e. The van der Waals surface area contributed by atoms with Gasteiger partial charge in [0.2, 0.25) is 10.0 Å². The first-order valence-electron chi connectivity index (χ1n) is 13.9. The number of hydrogen-bond acceptors (Lipinski definition) is 6. The van der Waals surface area contributed by atoms with Crippen LogP contribution in [0.3, 0.4) is 0 Å². The Bertz CT molecular complexity index is 1710. The number of fused-ring (bicyclic) bond motifs is 1. The molecule has 0 radical (unpaired) electrons. The Morgan fingerprint density at radius 2 is 1.48 bits per heavy atom. The van der Waals surface area contributed by atoms with Crippen molar-refractivity contribution in [3.8, 4) is 23.0 Å². The van der Waals surface area contributed by atoms with Gasteiger partial charge in [-0.05, 0) is 85.0 Å². The Kier molecular flexibility index (Phi) is 7.98. The molecule has 1 saturated heterocycles. The van der Waals surface area contributed by atoms with E-state index in [1.54, 1.807) is 42.5 Å². The second-order valence-corrected chi connectivity index (χ2v) is 12.9. The number of carboxylic acid groups (broad SMARTS) is 1. The molecule has 0 amide bonds. The van der Waals surface area contributed by atoms with Crippen LogP contribution in [0.25, 0.3) is 10.8 Å². The molecular weight excluding hydrogens is 578 g/mol. The van der Waals surface area contributed by atoms with Crippen LogP contribution in [0.4, 0.5) is 0 Å². The largest absolute Gasteiger partial charge is 0.490 e. The molecular formula is C32H30ClNO7S. The van der Waals surface area contributed by atoms with Crippen molar-refractivity contribution in [2.75, 3.05) is 6.54 Å². The Balaban J connectivity index is 1.20. The van der Waals surface area contributed by atoms with Crippen LogP contribution in [0.5, 0.6) is 23.0 Å². The number of carboxylic acids is 1. The molecule has 0 unspecified atom stereocenters. The van der Waals surface area contributed by atoms with Crippen molar-refractivity contribution in [3.05, 3.63) is 90.0 Å². The minimum Gasteiger partial charge on any atom is -0.490 e. The van der Waals surface area contributed by atoms with Gasteiger partial charge in [0.25, 0.3) is 0 Å². The molecule has 2 aliphatic rings. The third kappa shape index (κ3) is 6.04. The highest BCUT2D eigenvalue weighted by atomic mass is 35.5. The molecule has 10 heteroatoms. The Labute approximate surface area is 249 Å². The third-order valence-corrected chi connectivity index (χ3v) is 9.86. The first-order valence-corrected chi connectivity index (χ1v) is 15.7. The van der Waals surface area contributed by atoms with Crippen LogP contribution in [0.2, 0.25) is 5.02 Å². The van der Waals surface area contributed by atoms with E-state index in [2.05, 4.69) is 0 Å². The lowest BCUT2D eigenvalue weighted by Crippen LogP contribution is -2.40. The van der Waals surface area contributed by atoms with Gasteiger partial charge in [-0.3, -0.25) is 4.79 Å². The van der Waals surface area contributed by atoms with Crippen LogP contribution in [-0.4, -0.2) is 48.6 Å². The van der Waals surface area contributed by atoms with E-state index in [0.29, 0.717) is 22.3 Å². The molecule has 1 aliphatic carbocycles. The quantitative estimate of drug-likeness (QED) is 0.221. The van der Waals surface area contributed by atoms with Crippen LogP contribution >= 0.6 is 11.6 Å². The van der Waals surface area contributed by atoms with Crippen LogP contribution in [-0.2, 0) is 14.8 Å². The molecule has 0 aromatic heterocycles. The highest BCUT2D eigenvalue weighted by Crippen LogP contribution is 2.36. The van der Waals surface area contributed by atoms with Gasteiger partial charge in [-0.25, -0.2) is 8.42 Å². The zero-order valence-electron chi connectivity index (χ0n) is 22.7. The minimum absolute atomic E-state index is 0.0124. The van der Waals surface area contributed by atoms with E-state index in [9.17, 15) is 18.3 Å². The number of aliphatic carboxylic acids is 1. The van der Waals surface area contributed by atoms with Gasteiger partial charge in [0.15, 0.2) is 0 Å². The van der Waals surface area contributed by atoms with Gasteiger partial charge in [-0.15, -0.1) is 0 Å². The zero-order chi connectivity index (χ0) is 29.3. The fourth-order valence-electron chi connectivity index (χ4n) is 5.56. The van der Waals surface area contributed by atoms with Gasteiger partial charge in [0.1, 0.15) is 35.1 Å². The fourth-order valence-corrected chi connectivity index (χ4v) is 7.37. The number of para-hydroxylation sites is 1. The summed E-state index contributed by atoms with van der Waals surface area (Å²) in [6, 6.07) is 23.1. The van der Waals surface area contributed by atoms with Gasteiger partial charge in [-0.2, -0.15) is 4.31 Å². The Morgan fingerprint density at radius 1 is 0.810 bits per heavy atom. The highest BCUT2D eigenvalue weighted by molar-refractivity contribution is 7.89. The summed E-state index contributed by atoms with van der Waals surface area (Å²) >= 11 is 6.31. The molecule has 2 fully saturated rings. The summed E-state index contributed by atoms with van der Waals surface area (Å²) in [7, 11) is -4.14. The van der Waals surface area contributed by atoms with E-state index in [1.807, 2.05) is 36.4 Å². The fraction of sp³-hybridized carbons (Fsp3) is 0.281. The molecule has 8 nitrogen and oxygen atoms in total. The topological polar surface area (TPSA) is 102 Å². The molecule has 4 aromatic rings. The molecule has 0 bridgehead atoms. The third-order valence-electron chi connectivity index (χ3n) is 7.67. The number of carbonyl (C=O) groups is 1. The van der Waals surface area contributed by atoms with E-state index in [0.717, 1.165) is 33.7 Å². The van der Waals surface area contributed by atoms with Gasteiger partial charge in [0.05, 0.1) is 22.6 Å². The molecule has 1 N–H and O–H groups in total. The number of hydrogen-bond donors (Lipinski definition) is 1. The molecule has 1 heterocycles. The first-order chi connectivity index (χ1) is 20.3. The maximum absolute atomic E-state index is 13.7. The molecule has 218 valence electrons. The van der Waals surface area contributed by atoms with Gasteiger partial charge >= 0.3 is 5.97 Å². The lowest BCUT2D eigenvalue weighted by atomic mass is 10.1. The predicted molar refractivity (Wildman–Crippen MR) is 159 cm³/mol. The van der Waals surface area contributed by atoms with Gasteiger partial charge in [0, 0.05) is 12.5 Å². The average Bonchev–Trinajstić information content (AvgIpc) is 3.66. The number of ether oxygens (including phenoxy) is 3. The summed E-state index contributed by atoms with van der Waals surface area (Å²) in [6.45, 7) is -0.122. The lowest BCUT2D eigenvalue weighted by Gasteiger charge is -2.21. The monoisotopic (exact) mass is 607 g/mol. The summed E-state index contributed by atoms with van der Waals surface area (Å²) in [4.78, 5) is 12.2. The van der Waals surface area contributed by atoms with Crippen molar-refractivity contribution in [2.24, 2.45) is 0 Å². The molecule has 1 aliphatic heterocycles. The van der Waals surface area contributed by atoms with Crippen molar-refractivity contribution in [3.63, 3.8) is 0 Å². The highest BCUT2D eigenvalue weighted by Gasteiger charge is 2.45. The predicted octanol–water partition coefficient (Wildman–Crippen LogP) is 6.90. The van der Waals surface area contributed by atoms with Crippen LogP contribution in [0, 0.1) is 0 Å². The summed E-state index contributed by atoms with van der Waals surface area (Å²) < 4.78 is 46.5. The normalized spacial score (nSPS) is 19.6. The van der Waals surface area contributed by atoms with Crippen molar-refractivity contribution in [2.45, 2.75) is 55.2 Å². The Hall–Kier alpha value is -3.79. The second-order valence-electron chi connectivity index (χ2n) is 10.6. The van der Waals surface area contributed by atoms with Crippen molar-refractivity contribution in [1.82, 2.24) is 4.31 Å². The lowest BCUT2D eigenvalue weighted by molar-refractivity contribution is -0.140. The number of benzene rings is 4. The number of sulfonamides is 1. The number of halogens is 1. The number of nitrogens with zero attached hydrogens (tertiary/aromatic N) is 1. The van der Waals surface area contributed by atoms with E-state index in [-0.39, 0.29) is 24.0 Å². The van der Waals surface area contributed by atoms with Crippen molar-refractivity contribution >= 4 is 38.4 Å². The second kappa shape index (κ2) is 11.8. The van der Waals surface area contributed by atoms with Crippen molar-refractivity contribution in [1.29, 1.82) is 0 Å². The summed E-state index contributed by atoms with van der Waals surface area (Å²) in [6.07, 6.45) is 3.94. The number of rotatable bonds is 9. The maximum atomic E-state index is 13.7. The minimum atomic E-state index is -4.14. The van der Waals surface area contributed by atoms with Crippen molar-refractivity contribution < 1.29 is 32.5 Å². The Morgan fingerprint density at radius 3 is 2.24 bits per heavy atom. The van der Waals surface area contributed by atoms with Crippen LogP contribution in [0.15, 0.2) is 89.8 Å². The molecule has 42 heavy (non-hydrogen) atoms. The standard InChI is InChI=1S/C32H30ClNO7S/c33-29-15-13-26(19-31(29)41-24-6-2-1-3-7-24)40-27-18-30(32(35)36)34(20-27)42(37,38)28-14-11-21-16-25(12-10-22(21)17-28)39-23-8-4-5-9-23/h1-3,6-7,10-17,19,23,27,30H,4-5,8-9,18,20H2,(H,35,36)/t27-,30-/m0/s1.